The van der Waals surface area contributed by atoms with Crippen molar-refractivity contribution in [1.29, 1.82) is 0 Å². The molecule has 0 saturated heterocycles. The number of pyridine rings is 1. The van der Waals surface area contributed by atoms with Gasteiger partial charge in [0.1, 0.15) is 11.6 Å². The summed E-state index contributed by atoms with van der Waals surface area (Å²) in [5.41, 5.74) is 8.08. The van der Waals surface area contributed by atoms with Crippen LogP contribution in [0, 0.1) is 11.6 Å². The van der Waals surface area contributed by atoms with Crippen LogP contribution in [0.3, 0.4) is 0 Å². The molecule has 1 unspecified atom stereocenters. The molecule has 1 amide bonds. The standard InChI is InChI=1S/C26H26F2N4O2/c1-4-26(2,34)20-8-7-16(18(12-30-3)24(20)29)15-10-21(27)19(22(28)11-15)13-32-14-23-17(25(32)33)6-5-9-31-23/h5-12,34H,4,13-14,29H2,1-3H3. The minimum absolute atomic E-state index is 0.197. The maximum absolute atomic E-state index is 15.1. The van der Waals surface area contributed by atoms with Crippen LogP contribution in [0.1, 0.15) is 53.0 Å². The van der Waals surface area contributed by atoms with Crippen LogP contribution in [0.2, 0.25) is 0 Å². The Kier molecular flexibility index (Phi) is 6.18. The van der Waals surface area contributed by atoms with E-state index in [-0.39, 0.29) is 30.1 Å². The number of fused-ring (bicyclic) bond motifs is 1. The van der Waals surface area contributed by atoms with Gasteiger partial charge in [0.05, 0.1) is 29.9 Å². The number of rotatable bonds is 6. The van der Waals surface area contributed by atoms with Crippen molar-refractivity contribution >= 4 is 17.8 Å². The van der Waals surface area contributed by atoms with Crippen molar-refractivity contribution in [1.82, 2.24) is 9.88 Å². The van der Waals surface area contributed by atoms with E-state index < -0.39 is 17.2 Å². The monoisotopic (exact) mass is 464 g/mol. The van der Waals surface area contributed by atoms with Gasteiger partial charge >= 0.3 is 0 Å². The van der Waals surface area contributed by atoms with Crippen LogP contribution in [-0.2, 0) is 18.7 Å². The summed E-state index contributed by atoms with van der Waals surface area (Å²) in [4.78, 5) is 22.2. The molecule has 2 aromatic carbocycles. The van der Waals surface area contributed by atoms with Gasteiger partial charge in [0.15, 0.2) is 0 Å². The molecule has 0 saturated carbocycles. The summed E-state index contributed by atoms with van der Waals surface area (Å²) in [6.45, 7) is 3.48. The van der Waals surface area contributed by atoms with Crippen LogP contribution in [0.15, 0.2) is 47.6 Å². The van der Waals surface area contributed by atoms with E-state index in [1.54, 1.807) is 44.4 Å². The molecule has 1 aromatic heterocycles. The average Bonchev–Trinajstić information content (AvgIpc) is 3.12. The second-order valence-corrected chi connectivity index (χ2v) is 8.58. The molecule has 0 bridgehead atoms. The highest BCUT2D eigenvalue weighted by atomic mass is 19.1. The van der Waals surface area contributed by atoms with Crippen molar-refractivity contribution in [2.75, 3.05) is 12.8 Å². The molecular weight excluding hydrogens is 438 g/mol. The summed E-state index contributed by atoms with van der Waals surface area (Å²) in [6.07, 6.45) is 3.53. The highest BCUT2D eigenvalue weighted by Crippen LogP contribution is 2.37. The van der Waals surface area contributed by atoms with Gasteiger partial charge in [0.2, 0.25) is 0 Å². The second kappa shape index (κ2) is 8.95. The molecule has 4 rings (SSSR count). The number of carbonyl (C=O) groups is 1. The number of aliphatic hydroxyl groups is 1. The molecule has 176 valence electrons. The number of hydrogen-bond acceptors (Lipinski definition) is 5. The lowest BCUT2D eigenvalue weighted by molar-refractivity contribution is 0.0538. The lowest BCUT2D eigenvalue weighted by Gasteiger charge is -2.25. The molecule has 0 radical (unpaired) electrons. The number of nitrogens with zero attached hydrogens (tertiary/aromatic N) is 3. The van der Waals surface area contributed by atoms with E-state index in [4.69, 9.17) is 5.73 Å². The Morgan fingerprint density at radius 1 is 1.24 bits per heavy atom. The van der Waals surface area contributed by atoms with Crippen molar-refractivity contribution in [3.05, 3.63) is 82.2 Å². The van der Waals surface area contributed by atoms with Crippen LogP contribution in [0.4, 0.5) is 14.5 Å². The van der Waals surface area contributed by atoms with Crippen LogP contribution < -0.4 is 5.73 Å². The fraction of sp³-hybridized carbons (Fsp3) is 0.269. The molecule has 2 heterocycles. The molecule has 6 nitrogen and oxygen atoms in total. The first kappa shape index (κ1) is 23.5. The maximum Gasteiger partial charge on any atom is 0.256 e. The van der Waals surface area contributed by atoms with E-state index in [0.29, 0.717) is 40.1 Å². The summed E-state index contributed by atoms with van der Waals surface area (Å²) in [5.74, 6) is -1.85. The van der Waals surface area contributed by atoms with Crippen molar-refractivity contribution < 1.29 is 18.7 Å². The van der Waals surface area contributed by atoms with Crippen molar-refractivity contribution in [3.8, 4) is 11.1 Å². The number of amides is 1. The topological polar surface area (TPSA) is 91.8 Å². The molecule has 3 aromatic rings. The number of nitrogen functional groups attached to an aromatic ring is 1. The molecule has 1 aliphatic rings. The minimum atomic E-state index is -1.16. The summed E-state index contributed by atoms with van der Waals surface area (Å²) in [5, 5.41) is 10.7. The van der Waals surface area contributed by atoms with Crippen molar-refractivity contribution in [3.63, 3.8) is 0 Å². The summed E-state index contributed by atoms with van der Waals surface area (Å²) in [6, 6.07) is 9.10. The zero-order chi connectivity index (χ0) is 24.6. The Morgan fingerprint density at radius 2 is 1.94 bits per heavy atom. The third-order valence-electron chi connectivity index (χ3n) is 6.36. The van der Waals surface area contributed by atoms with Crippen LogP contribution in [0.5, 0.6) is 0 Å². The number of anilines is 1. The van der Waals surface area contributed by atoms with Crippen molar-refractivity contribution in [2.24, 2.45) is 4.99 Å². The number of aromatic nitrogens is 1. The van der Waals surface area contributed by atoms with Gasteiger partial charge in [-0.05, 0) is 48.7 Å². The average molecular weight is 465 g/mol. The van der Waals surface area contributed by atoms with Gasteiger partial charge in [0, 0.05) is 41.8 Å². The number of carbonyl (C=O) groups excluding carboxylic acids is 1. The Labute approximate surface area is 196 Å². The van der Waals surface area contributed by atoms with Crippen molar-refractivity contribution in [2.45, 2.75) is 39.0 Å². The number of aliphatic imine (C=N–C) groups is 1. The van der Waals surface area contributed by atoms with E-state index in [9.17, 15) is 9.90 Å². The van der Waals surface area contributed by atoms with Gasteiger partial charge in [-0.2, -0.15) is 0 Å². The molecule has 0 fully saturated rings. The fourth-order valence-corrected chi connectivity index (χ4v) is 4.23. The highest BCUT2D eigenvalue weighted by Gasteiger charge is 2.30. The van der Waals surface area contributed by atoms with Crippen LogP contribution in [0.25, 0.3) is 11.1 Å². The van der Waals surface area contributed by atoms with Gasteiger partial charge in [-0.3, -0.25) is 14.8 Å². The molecule has 34 heavy (non-hydrogen) atoms. The third-order valence-corrected chi connectivity index (χ3v) is 6.36. The van der Waals surface area contributed by atoms with E-state index in [1.165, 1.54) is 23.2 Å². The maximum atomic E-state index is 15.1. The molecule has 0 spiro atoms. The molecular formula is C26H26F2N4O2. The zero-order valence-corrected chi connectivity index (χ0v) is 19.3. The minimum Gasteiger partial charge on any atom is -0.398 e. The summed E-state index contributed by atoms with van der Waals surface area (Å²) < 4.78 is 30.3. The largest absolute Gasteiger partial charge is 0.398 e. The molecule has 1 aliphatic heterocycles. The first-order chi connectivity index (χ1) is 16.2. The van der Waals surface area contributed by atoms with E-state index in [0.717, 1.165) is 0 Å². The summed E-state index contributed by atoms with van der Waals surface area (Å²) >= 11 is 0. The number of halogens is 2. The predicted octanol–water partition coefficient (Wildman–Crippen LogP) is 4.43. The lowest BCUT2D eigenvalue weighted by Crippen LogP contribution is -2.24. The van der Waals surface area contributed by atoms with Gasteiger partial charge < -0.3 is 15.7 Å². The molecule has 8 heteroatoms. The Hall–Kier alpha value is -3.65. The van der Waals surface area contributed by atoms with Crippen LogP contribution >= 0.6 is 0 Å². The predicted molar refractivity (Wildman–Crippen MR) is 127 cm³/mol. The first-order valence-electron chi connectivity index (χ1n) is 11.0. The van der Waals surface area contributed by atoms with E-state index in [2.05, 4.69) is 9.98 Å². The number of nitrogens with two attached hydrogens (primary N) is 1. The first-order valence-corrected chi connectivity index (χ1v) is 11.0. The Balaban J connectivity index is 1.71. The zero-order valence-electron chi connectivity index (χ0n) is 19.3. The second-order valence-electron chi connectivity index (χ2n) is 8.58. The lowest BCUT2D eigenvalue weighted by atomic mass is 9.87. The fourth-order valence-electron chi connectivity index (χ4n) is 4.23. The van der Waals surface area contributed by atoms with E-state index >= 15 is 8.78 Å². The number of hydrogen-bond donors (Lipinski definition) is 2. The Morgan fingerprint density at radius 3 is 2.56 bits per heavy atom. The molecule has 1 atom stereocenters. The van der Waals surface area contributed by atoms with Gasteiger partial charge in [-0.1, -0.05) is 19.1 Å². The SMILES string of the molecule is CCC(C)(O)c1ccc(-c2cc(F)c(CN3Cc4ncccc4C3=O)c(F)c2)c(C=NC)c1N. The third kappa shape index (κ3) is 4.05. The number of benzene rings is 2. The van der Waals surface area contributed by atoms with E-state index in [1.807, 2.05) is 6.92 Å². The smallest absolute Gasteiger partial charge is 0.256 e. The normalized spacial score (nSPS) is 15.1. The van der Waals surface area contributed by atoms with Gasteiger partial charge in [-0.15, -0.1) is 0 Å². The Bertz CT molecular complexity index is 1280. The van der Waals surface area contributed by atoms with Gasteiger partial charge in [-0.25, -0.2) is 8.78 Å². The highest BCUT2D eigenvalue weighted by molar-refractivity contribution is 5.98. The summed E-state index contributed by atoms with van der Waals surface area (Å²) in [7, 11) is 1.57. The van der Waals surface area contributed by atoms with Gasteiger partial charge in [0.25, 0.3) is 5.91 Å². The quantitative estimate of drug-likeness (QED) is 0.417. The molecule has 3 N–H and O–H groups in total. The van der Waals surface area contributed by atoms with Crippen LogP contribution in [-0.4, -0.2) is 34.2 Å². The molecule has 0 aliphatic carbocycles.